The molecule has 2 heterocycles. The summed E-state index contributed by atoms with van der Waals surface area (Å²) >= 11 is 5.92. The lowest BCUT2D eigenvalue weighted by Crippen LogP contribution is -2.18. The SMILES string of the molecule is OCc1ncc(C2OCCCO2)cc1Cl. The topological polar surface area (TPSA) is 51.6 Å². The fourth-order valence-electron chi connectivity index (χ4n) is 1.41. The van der Waals surface area contributed by atoms with E-state index in [1.165, 1.54) is 0 Å². The molecule has 2 rings (SSSR count). The summed E-state index contributed by atoms with van der Waals surface area (Å²) in [7, 11) is 0. The van der Waals surface area contributed by atoms with Crippen molar-refractivity contribution in [3.8, 4) is 0 Å². The summed E-state index contributed by atoms with van der Waals surface area (Å²) in [6, 6.07) is 1.72. The van der Waals surface area contributed by atoms with Gasteiger partial charge in [0.25, 0.3) is 0 Å². The van der Waals surface area contributed by atoms with Gasteiger partial charge in [0.1, 0.15) is 0 Å². The second-order valence-electron chi connectivity index (χ2n) is 3.28. The molecule has 0 atom stereocenters. The first-order chi connectivity index (χ1) is 7.31. The minimum Gasteiger partial charge on any atom is -0.390 e. The molecule has 5 heteroatoms. The third-order valence-electron chi connectivity index (χ3n) is 2.19. The molecule has 1 aliphatic heterocycles. The summed E-state index contributed by atoms with van der Waals surface area (Å²) in [5.41, 5.74) is 1.26. The first kappa shape index (κ1) is 10.8. The van der Waals surface area contributed by atoms with Crippen molar-refractivity contribution >= 4 is 11.6 Å². The smallest absolute Gasteiger partial charge is 0.185 e. The van der Waals surface area contributed by atoms with Gasteiger partial charge in [-0.3, -0.25) is 4.98 Å². The zero-order valence-electron chi connectivity index (χ0n) is 8.15. The zero-order chi connectivity index (χ0) is 10.7. The first-order valence-electron chi connectivity index (χ1n) is 4.79. The Morgan fingerprint density at radius 3 is 2.80 bits per heavy atom. The van der Waals surface area contributed by atoms with Crippen LogP contribution in [-0.2, 0) is 16.1 Å². The molecule has 15 heavy (non-hydrogen) atoms. The molecule has 0 aliphatic carbocycles. The van der Waals surface area contributed by atoms with Crippen molar-refractivity contribution in [3.05, 3.63) is 28.5 Å². The molecule has 1 aromatic heterocycles. The Morgan fingerprint density at radius 1 is 1.47 bits per heavy atom. The molecule has 82 valence electrons. The fraction of sp³-hybridized carbons (Fsp3) is 0.500. The van der Waals surface area contributed by atoms with Crippen molar-refractivity contribution < 1.29 is 14.6 Å². The Labute approximate surface area is 92.8 Å². The van der Waals surface area contributed by atoms with Gasteiger partial charge in [-0.15, -0.1) is 0 Å². The van der Waals surface area contributed by atoms with Crippen LogP contribution in [0, 0.1) is 0 Å². The lowest BCUT2D eigenvalue weighted by atomic mass is 10.2. The zero-order valence-corrected chi connectivity index (χ0v) is 8.91. The molecule has 0 radical (unpaired) electrons. The maximum absolute atomic E-state index is 8.91. The standard InChI is InChI=1S/C10H12ClNO3/c11-8-4-7(5-12-9(8)6-13)10-14-2-1-3-15-10/h4-5,10,13H,1-3,6H2. The van der Waals surface area contributed by atoms with E-state index in [2.05, 4.69) is 4.98 Å². The van der Waals surface area contributed by atoms with E-state index in [0.717, 1.165) is 12.0 Å². The molecule has 0 unspecified atom stereocenters. The highest BCUT2D eigenvalue weighted by atomic mass is 35.5. The van der Waals surface area contributed by atoms with Gasteiger partial charge in [0, 0.05) is 11.8 Å². The second kappa shape index (κ2) is 4.90. The van der Waals surface area contributed by atoms with E-state index in [4.69, 9.17) is 26.2 Å². The minimum absolute atomic E-state index is 0.161. The van der Waals surface area contributed by atoms with Crippen LogP contribution in [0.4, 0.5) is 0 Å². The van der Waals surface area contributed by atoms with Crippen LogP contribution in [0.2, 0.25) is 5.02 Å². The molecule has 1 aliphatic rings. The van der Waals surface area contributed by atoms with Gasteiger partial charge in [-0.1, -0.05) is 11.6 Å². The predicted octanol–water partition coefficient (Wildman–Crippen LogP) is 1.66. The van der Waals surface area contributed by atoms with Gasteiger partial charge in [-0.25, -0.2) is 0 Å². The van der Waals surface area contributed by atoms with E-state index in [0.29, 0.717) is 23.9 Å². The molecule has 1 fully saturated rings. The molecule has 0 spiro atoms. The number of hydrogen-bond acceptors (Lipinski definition) is 4. The van der Waals surface area contributed by atoms with Gasteiger partial charge in [-0.05, 0) is 12.5 Å². The Hall–Kier alpha value is -0.680. The van der Waals surface area contributed by atoms with Crippen molar-refractivity contribution in [2.45, 2.75) is 19.3 Å². The van der Waals surface area contributed by atoms with Crippen LogP contribution < -0.4 is 0 Å². The van der Waals surface area contributed by atoms with Crippen LogP contribution in [0.3, 0.4) is 0 Å². The van der Waals surface area contributed by atoms with Gasteiger partial charge < -0.3 is 14.6 Å². The number of nitrogens with zero attached hydrogens (tertiary/aromatic N) is 1. The third-order valence-corrected chi connectivity index (χ3v) is 2.51. The highest BCUT2D eigenvalue weighted by Crippen LogP contribution is 2.25. The maximum Gasteiger partial charge on any atom is 0.185 e. The van der Waals surface area contributed by atoms with E-state index in [9.17, 15) is 0 Å². The van der Waals surface area contributed by atoms with Gasteiger partial charge in [0.2, 0.25) is 0 Å². The van der Waals surface area contributed by atoms with Crippen LogP contribution in [0.15, 0.2) is 12.3 Å². The van der Waals surface area contributed by atoms with E-state index >= 15 is 0 Å². The van der Waals surface area contributed by atoms with Crippen molar-refractivity contribution in [1.82, 2.24) is 4.98 Å². The number of ether oxygens (including phenoxy) is 2. The summed E-state index contributed by atoms with van der Waals surface area (Å²) in [5.74, 6) is 0. The Morgan fingerprint density at radius 2 is 2.20 bits per heavy atom. The van der Waals surface area contributed by atoms with Crippen LogP contribution in [0.5, 0.6) is 0 Å². The minimum atomic E-state index is -0.378. The van der Waals surface area contributed by atoms with Crippen LogP contribution >= 0.6 is 11.6 Å². The molecule has 0 amide bonds. The highest BCUT2D eigenvalue weighted by Gasteiger charge is 2.17. The van der Waals surface area contributed by atoms with Gasteiger partial charge in [-0.2, -0.15) is 0 Å². The summed E-state index contributed by atoms with van der Waals surface area (Å²) in [6.45, 7) is 1.21. The lowest BCUT2D eigenvalue weighted by molar-refractivity contribution is -0.183. The number of aliphatic hydroxyl groups is 1. The third kappa shape index (κ3) is 2.46. The molecule has 0 aromatic carbocycles. The lowest BCUT2D eigenvalue weighted by Gasteiger charge is -2.23. The molecular formula is C10H12ClNO3. The summed E-state index contributed by atoms with van der Waals surface area (Å²) in [5, 5.41) is 9.35. The summed E-state index contributed by atoms with van der Waals surface area (Å²) in [4.78, 5) is 4.03. The fourth-order valence-corrected chi connectivity index (χ4v) is 1.64. The second-order valence-corrected chi connectivity index (χ2v) is 3.69. The normalized spacial score (nSPS) is 18.0. The van der Waals surface area contributed by atoms with E-state index in [1.54, 1.807) is 12.3 Å². The number of halogens is 1. The molecule has 4 nitrogen and oxygen atoms in total. The first-order valence-corrected chi connectivity index (χ1v) is 5.17. The predicted molar refractivity (Wildman–Crippen MR) is 54.4 cm³/mol. The number of hydrogen-bond donors (Lipinski definition) is 1. The average molecular weight is 230 g/mol. The van der Waals surface area contributed by atoms with Crippen LogP contribution in [-0.4, -0.2) is 23.3 Å². The molecular weight excluding hydrogens is 218 g/mol. The summed E-state index contributed by atoms with van der Waals surface area (Å²) < 4.78 is 10.8. The van der Waals surface area contributed by atoms with E-state index in [1.807, 2.05) is 0 Å². The molecule has 1 saturated heterocycles. The van der Waals surface area contributed by atoms with Gasteiger partial charge in [0.05, 0.1) is 30.5 Å². The Bertz CT molecular complexity index is 339. The van der Waals surface area contributed by atoms with E-state index in [-0.39, 0.29) is 12.9 Å². The molecule has 1 N–H and O–H groups in total. The number of aromatic nitrogens is 1. The monoisotopic (exact) mass is 229 g/mol. The maximum atomic E-state index is 8.91. The Balaban J connectivity index is 2.17. The molecule has 0 bridgehead atoms. The van der Waals surface area contributed by atoms with Crippen molar-refractivity contribution in [2.24, 2.45) is 0 Å². The van der Waals surface area contributed by atoms with Crippen molar-refractivity contribution in [1.29, 1.82) is 0 Å². The van der Waals surface area contributed by atoms with Crippen molar-refractivity contribution in [3.63, 3.8) is 0 Å². The number of pyridine rings is 1. The largest absolute Gasteiger partial charge is 0.390 e. The number of rotatable bonds is 2. The molecule has 0 saturated carbocycles. The summed E-state index contributed by atoms with van der Waals surface area (Å²) in [6.07, 6.45) is 2.15. The highest BCUT2D eigenvalue weighted by molar-refractivity contribution is 6.31. The number of aliphatic hydroxyl groups excluding tert-OH is 1. The van der Waals surface area contributed by atoms with Crippen LogP contribution in [0.25, 0.3) is 0 Å². The quantitative estimate of drug-likeness (QED) is 0.838. The average Bonchev–Trinajstić information content (AvgIpc) is 2.30. The van der Waals surface area contributed by atoms with E-state index < -0.39 is 0 Å². The van der Waals surface area contributed by atoms with Crippen molar-refractivity contribution in [2.75, 3.05) is 13.2 Å². The van der Waals surface area contributed by atoms with Gasteiger partial charge in [0.15, 0.2) is 6.29 Å². The van der Waals surface area contributed by atoms with Gasteiger partial charge >= 0.3 is 0 Å². The Kier molecular flexibility index (Phi) is 3.53. The molecule has 1 aromatic rings. The van der Waals surface area contributed by atoms with Crippen LogP contribution in [0.1, 0.15) is 24.0 Å².